The van der Waals surface area contributed by atoms with Crippen LogP contribution < -0.4 is 9.47 Å². The third-order valence-electron chi connectivity index (χ3n) is 8.12. The molecule has 1 fully saturated rings. The molecule has 45 heavy (non-hydrogen) atoms. The average Bonchev–Trinajstić information content (AvgIpc) is 3.80. The lowest BCUT2D eigenvalue weighted by atomic mass is 10.0. The van der Waals surface area contributed by atoms with Crippen molar-refractivity contribution < 1.29 is 13.9 Å². The van der Waals surface area contributed by atoms with Crippen molar-refractivity contribution in [2.45, 2.75) is 12.8 Å². The van der Waals surface area contributed by atoms with Crippen LogP contribution in [-0.2, 0) is 0 Å². The molecule has 6 heterocycles. The zero-order chi connectivity index (χ0) is 30.8. The summed E-state index contributed by atoms with van der Waals surface area (Å²) in [7, 11) is 4.02. The third-order valence-corrected chi connectivity index (χ3v) is 8.12. The molecule has 1 aromatic carbocycles. The number of benzene rings is 1. The van der Waals surface area contributed by atoms with Crippen molar-refractivity contribution in [3.05, 3.63) is 73.2 Å². The number of hydrogen-bond donors (Lipinski definition) is 2. The molecule has 0 atom stereocenters. The Morgan fingerprint density at radius 1 is 0.822 bits per heavy atom. The predicted octanol–water partition coefficient (Wildman–Crippen LogP) is 5.78. The number of pyridine rings is 3. The molecule has 0 aliphatic carbocycles. The van der Waals surface area contributed by atoms with Crippen molar-refractivity contribution in [1.29, 1.82) is 0 Å². The molecule has 0 radical (unpaired) electrons. The summed E-state index contributed by atoms with van der Waals surface area (Å²) in [5.74, 6) is 0.852. The van der Waals surface area contributed by atoms with Crippen molar-refractivity contribution in [2.24, 2.45) is 0 Å². The van der Waals surface area contributed by atoms with Gasteiger partial charge in [0.05, 0.1) is 41.0 Å². The Labute approximate surface area is 260 Å². The summed E-state index contributed by atoms with van der Waals surface area (Å²) in [6, 6.07) is 10.8. The van der Waals surface area contributed by atoms with Gasteiger partial charge in [0.15, 0.2) is 0 Å². The smallest absolute Gasteiger partial charge is 0.138 e. The van der Waals surface area contributed by atoms with Crippen LogP contribution in [0, 0.1) is 5.82 Å². The molecule has 6 aromatic rings. The van der Waals surface area contributed by atoms with Gasteiger partial charge in [-0.05, 0) is 75.9 Å². The summed E-state index contributed by atoms with van der Waals surface area (Å²) in [5.41, 5.74) is 6.28. The first kappa shape index (κ1) is 28.9. The molecular weight excluding hydrogens is 571 g/mol. The van der Waals surface area contributed by atoms with Gasteiger partial charge in [0.25, 0.3) is 0 Å². The molecule has 2 N–H and O–H groups in total. The zero-order valence-corrected chi connectivity index (χ0v) is 25.4. The summed E-state index contributed by atoms with van der Waals surface area (Å²) >= 11 is 0. The number of hydrogen-bond acceptors (Lipinski definition) is 8. The van der Waals surface area contributed by atoms with Crippen LogP contribution in [0.25, 0.3) is 55.6 Å². The zero-order valence-electron chi connectivity index (χ0n) is 25.4. The quantitative estimate of drug-likeness (QED) is 0.191. The molecule has 0 amide bonds. The van der Waals surface area contributed by atoms with Crippen molar-refractivity contribution in [2.75, 3.05) is 53.5 Å². The normalized spacial score (nSPS) is 13.8. The van der Waals surface area contributed by atoms with Crippen LogP contribution in [0.5, 0.6) is 11.5 Å². The minimum Gasteiger partial charge on any atom is -0.492 e. The highest BCUT2D eigenvalue weighted by Crippen LogP contribution is 2.36. The highest BCUT2D eigenvalue weighted by molar-refractivity contribution is 6.01. The second-order valence-corrected chi connectivity index (χ2v) is 11.7. The maximum Gasteiger partial charge on any atom is 0.138 e. The van der Waals surface area contributed by atoms with E-state index >= 15 is 0 Å². The number of nitrogens with zero attached hydrogens (tertiary/aromatic N) is 6. The van der Waals surface area contributed by atoms with E-state index in [1.807, 2.05) is 38.4 Å². The van der Waals surface area contributed by atoms with Gasteiger partial charge in [-0.1, -0.05) is 0 Å². The third kappa shape index (κ3) is 6.36. The minimum absolute atomic E-state index is 0.351. The molecular formula is C34H35FN8O2. The molecule has 10 nitrogen and oxygen atoms in total. The fourth-order valence-electron chi connectivity index (χ4n) is 5.77. The molecule has 5 aromatic heterocycles. The number of H-pyrrole nitrogens is 2. The van der Waals surface area contributed by atoms with Gasteiger partial charge < -0.3 is 19.4 Å². The second-order valence-electron chi connectivity index (χ2n) is 11.7. The maximum absolute atomic E-state index is 14.8. The van der Waals surface area contributed by atoms with Crippen molar-refractivity contribution in [3.63, 3.8) is 0 Å². The summed E-state index contributed by atoms with van der Waals surface area (Å²) in [6.07, 6.45) is 11.2. The van der Waals surface area contributed by atoms with E-state index in [9.17, 15) is 4.39 Å². The monoisotopic (exact) mass is 606 g/mol. The number of fused-ring (bicyclic) bond motifs is 2. The molecule has 230 valence electrons. The van der Waals surface area contributed by atoms with Crippen LogP contribution in [-0.4, -0.2) is 93.4 Å². The Bertz CT molecular complexity index is 1950. The molecule has 0 spiro atoms. The highest BCUT2D eigenvalue weighted by Gasteiger charge is 2.17. The number of aromatic amines is 2. The van der Waals surface area contributed by atoms with Crippen LogP contribution in [0.3, 0.4) is 0 Å². The van der Waals surface area contributed by atoms with E-state index in [4.69, 9.17) is 9.47 Å². The Kier molecular flexibility index (Phi) is 8.10. The van der Waals surface area contributed by atoms with Crippen LogP contribution in [0.4, 0.5) is 4.39 Å². The first-order valence-electron chi connectivity index (χ1n) is 15.2. The van der Waals surface area contributed by atoms with E-state index in [1.54, 1.807) is 31.0 Å². The van der Waals surface area contributed by atoms with E-state index in [0.717, 1.165) is 76.2 Å². The Morgan fingerprint density at radius 3 is 2.51 bits per heavy atom. The van der Waals surface area contributed by atoms with E-state index < -0.39 is 0 Å². The molecule has 7 rings (SSSR count). The van der Waals surface area contributed by atoms with Crippen LogP contribution >= 0.6 is 0 Å². The van der Waals surface area contributed by atoms with Crippen LogP contribution in [0.2, 0.25) is 0 Å². The fourth-order valence-corrected chi connectivity index (χ4v) is 5.77. The second kappa shape index (κ2) is 12.6. The standard InChI is InChI=1S/C34H35FN8O2/c1-42(2)7-9-45-26-13-23(17-36-18-26)30-16-28-33(21-38-30)40-41-34(28)31-15-27-29(19-37-20-32(27)39-31)22-11-24(35)14-25(12-22)44-10-8-43-5-3-4-6-43/h11-21,39H,3-10H2,1-2H3,(H,40,41). The summed E-state index contributed by atoms with van der Waals surface area (Å²) < 4.78 is 26.6. The first-order chi connectivity index (χ1) is 22.0. The largest absolute Gasteiger partial charge is 0.492 e. The van der Waals surface area contributed by atoms with E-state index in [1.165, 1.54) is 25.0 Å². The van der Waals surface area contributed by atoms with Gasteiger partial charge in [0.1, 0.15) is 36.2 Å². The van der Waals surface area contributed by atoms with Crippen molar-refractivity contribution >= 4 is 21.8 Å². The molecule has 1 aliphatic heterocycles. The van der Waals surface area contributed by atoms with Gasteiger partial charge in [-0.25, -0.2) is 4.39 Å². The number of halogens is 1. The minimum atomic E-state index is -0.351. The number of likely N-dealkylation sites (tertiary alicyclic amines) is 1. The summed E-state index contributed by atoms with van der Waals surface area (Å²) in [5, 5.41) is 9.53. The van der Waals surface area contributed by atoms with Gasteiger partial charge in [0.2, 0.25) is 0 Å². The van der Waals surface area contributed by atoms with Crippen LogP contribution in [0.15, 0.2) is 67.4 Å². The Hall–Kier alpha value is -4.87. The van der Waals surface area contributed by atoms with Gasteiger partial charge in [0, 0.05) is 53.4 Å². The highest BCUT2D eigenvalue weighted by atomic mass is 19.1. The van der Waals surface area contributed by atoms with E-state index in [0.29, 0.717) is 30.3 Å². The lowest BCUT2D eigenvalue weighted by Gasteiger charge is -2.15. The average molecular weight is 607 g/mol. The number of nitrogens with one attached hydrogen (secondary N) is 2. The molecule has 0 unspecified atom stereocenters. The number of ether oxygens (including phenoxy) is 2. The number of rotatable bonds is 11. The maximum atomic E-state index is 14.8. The number of likely N-dealkylation sites (N-methyl/N-ethyl adjacent to an activating group) is 1. The van der Waals surface area contributed by atoms with E-state index in [-0.39, 0.29) is 5.82 Å². The molecule has 1 saturated heterocycles. The van der Waals surface area contributed by atoms with Crippen molar-refractivity contribution in [3.8, 4) is 45.3 Å². The first-order valence-corrected chi connectivity index (χ1v) is 15.2. The summed E-state index contributed by atoms with van der Waals surface area (Å²) in [4.78, 5) is 21.4. The van der Waals surface area contributed by atoms with Gasteiger partial charge >= 0.3 is 0 Å². The van der Waals surface area contributed by atoms with Gasteiger partial charge in [-0.2, -0.15) is 5.10 Å². The topological polar surface area (TPSA) is 108 Å². The van der Waals surface area contributed by atoms with Gasteiger partial charge in [-0.15, -0.1) is 0 Å². The molecule has 0 bridgehead atoms. The Balaban J connectivity index is 1.18. The molecule has 11 heteroatoms. The lowest BCUT2D eigenvalue weighted by molar-refractivity contribution is 0.237. The van der Waals surface area contributed by atoms with Crippen LogP contribution in [0.1, 0.15) is 12.8 Å². The number of aromatic nitrogens is 6. The van der Waals surface area contributed by atoms with Gasteiger partial charge in [-0.3, -0.25) is 25.0 Å². The van der Waals surface area contributed by atoms with E-state index in [2.05, 4.69) is 39.9 Å². The molecule has 0 saturated carbocycles. The predicted molar refractivity (Wildman–Crippen MR) is 173 cm³/mol. The van der Waals surface area contributed by atoms with Crippen molar-refractivity contribution in [1.82, 2.24) is 39.9 Å². The lowest BCUT2D eigenvalue weighted by Crippen LogP contribution is -2.25. The fraction of sp³-hybridized carbons (Fsp3) is 0.294. The molecule has 1 aliphatic rings. The SMILES string of the molecule is CN(C)CCOc1cncc(-c2cc3c(-c4cc5c(-c6cc(F)cc(OCCN7CCCC7)c6)cncc5[nH]4)n[nH]c3cn2)c1. The summed E-state index contributed by atoms with van der Waals surface area (Å²) in [6.45, 7) is 4.93. The Morgan fingerprint density at radius 2 is 1.64 bits per heavy atom.